The first kappa shape index (κ1) is 18.4. The van der Waals surface area contributed by atoms with E-state index < -0.39 is 20.6 Å². The Morgan fingerprint density at radius 1 is 1.18 bits per heavy atom. The van der Waals surface area contributed by atoms with Crippen LogP contribution in [0, 0.1) is 10.1 Å². The standard InChI is InChI=1S/C18H17N3O6S/c22-21(23)15-11-13(28(24,25)20-9-3-4-10-20)7-8-17(15)26-12-18-19-14-5-1-2-6-16(14)27-18/h1-2,5-8,11H,3-4,9-10,12H2. The monoisotopic (exact) mass is 403 g/mol. The van der Waals surface area contributed by atoms with E-state index in [0.717, 1.165) is 18.9 Å². The van der Waals surface area contributed by atoms with Crippen molar-refractivity contribution in [3.63, 3.8) is 0 Å². The summed E-state index contributed by atoms with van der Waals surface area (Å²) >= 11 is 0. The van der Waals surface area contributed by atoms with Gasteiger partial charge >= 0.3 is 5.69 Å². The van der Waals surface area contributed by atoms with Crippen LogP contribution in [0.4, 0.5) is 5.69 Å². The molecule has 2 heterocycles. The summed E-state index contributed by atoms with van der Waals surface area (Å²) in [5.41, 5.74) is 0.821. The smallest absolute Gasteiger partial charge is 0.312 e. The van der Waals surface area contributed by atoms with Crippen LogP contribution < -0.4 is 4.74 Å². The largest absolute Gasteiger partial charge is 0.477 e. The molecule has 1 saturated heterocycles. The number of benzene rings is 2. The fraction of sp³-hybridized carbons (Fsp3) is 0.278. The van der Waals surface area contributed by atoms with E-state index in [1.807, 2.05) is 12.1 Å². The van der Waals surface area contributed by atoms with Gasteiger partial charge in [-0.2, -0.15) is 4.31 Å². The van der Waals surface area contributed by atoms with Gasteiger partial charge in [0.2, 0.25) is 15.9 Å². The number of hydrogen-bond acceptors (Lipinski definition) is 7. The van der Waals surface area contributed by atoms with Gasteiger partial charge in [0.05, 0.1) is 9.82 Å². The van der Waals surface area contributed by atoms with E-state index >= 15 is 0 Å². The van der Waals surface area contributed by atoms with Gasteiger partial charge in [0.1, 0.15) is 5.52 Å². The lowest BCUT2D eigenvalue weighted by Crippen LogP contribution is -2.27. The maximum atomic E-state index is 12.6. The number of ether oxygens (including phenoxy) is 1. The SMILES string of the molecule is O=[N+]([O-])c1cc(S(=O)(=O)N2CCCC2)ccc1OCc1nc2ccccc2o1. The molecule has 10 heteroatoms. The molecule has 3 aromatic rings. The molecule has 1 aliphatic rings. The summed E-state index contributed by atoms with van der Waals surface area (Å²) in [5, 5.41) is 11.5. The Morgan fingerprint density at radius 2 is 1.93 bits per heavy atom. The lowest BCUT2D eigenvalue weighted by Gasteiger charge is -2.15. The van der Waals surface area contributed by atoms with E-state index in [1.165, 1.54) is 16.4 Å². The van der Waals surface area contributed by atoms with Crippen LogP contribution in [0.15, 0.2) is 51.8 Å². The van der Waals surface area contributed by atoms with E-state index in [1.54, 1.807) is 12.1 Å². The molecule has 0 saturated carbocycles. The summed E-state index contributed by atoms with van der Waals surface area (Å²) in [6.45, 7) is 0.728. The first-order valence-electron chi connectivity index (χ1n) is 8.71. The molecule has 146 valence electrons. The number of rotatable bonds is 6. The molecule has 0 amide bonds. The van der Waals surface area contributed by atoms with Crippen molar-refractivity contribution in [2.75, 3.05) is 13.1 Å². The quantitative estimate of drug-likeness (QED) is 0.459. The Kier molecular flexibility index (Phi) is 4.73. The third-order valence-corrected chi connectivity index (χ3v) is 6.41. The molecule has 0 bridgehead atoms. The van der Waals surface area contributed by atoms with Crippen LogP contribution in [0.5, 0.6) is 5.75 Å². The van der Waals surface area contributed by atoms with E-state index in [0.29, 0.717) is 24.2 Å². The van der Waals surface area contributed by atoms with Crippen molar-refractivity contribution < 1.29 is 22.5 Å². The van der Waals surface area contributed by atoms with E-state index in [4.69, 9.17) is 9.15 Å². The molecule has 1 fully saturated rings. The molecule has 4 rings (SSSR count). The zero-order chi connectivity index (χ0) is 19.7. The summed E-state index contributed by atoms with van der Waals surface area (Å²) in [4.78, 5) is 14.9. The van der Waals surface area contributed by atoms with Gasteiger partial charge in [0.25, 0.3) is 0 Å². The van der Waals surface area contributed by atoms with Crippen LogP contribution in [0.1, 0.15) is 18.7 Å². The highest BCUT2D eigenvalue weighted by Gasteiger charge is 2.30. The number of fused-ring (bicyclic) bond motifs is 1. The first-order valence-corrected chi connectivity index (χ1v) is 10.1. The number of para-hydroxylation sites is 2. The van der Waals surface area contributed by atoms with Gasteiger partial charge in [-0.15, -0.1) is 0 Å². The van der Waals surface area contributed by atoms with Crippen molar-refractivity contribution in [2.45, 2.75) is 24.3 Å². The summed E-state index contributed by atoms with van der Waals surface area (Å²) < 4.78 is 37.6. The first-order chi connectivity index (χ1) is 13.4. The molecular formula is C18H17N3O6S. The third-order valence-electron chi connectivity index (χ3n) is 4.52. The zero-order valence-corrected chi connectivity index (χ0v) is 15.6. The second-order valence-electron chi connectivity index (χ2n) is 6.36. The fourth-order valence-corrected chi connectivity index (χ4v) is 4.66. The number of oxazole rings is 1. The average Bonchev–Trinajstić information content (AvgIpc) is 3.35. The van der Waals surface area contributed by atoms with Crippen molar-refractivity contribution in [1.29, 1.82) is 0 Å². The Bertz CT molecular complexity index is 1100. The summed E-state index contributed by atoms with van der Waals surface area (Å²) in [7, 11) is -3.75. The summed E-state index contributed by atoms with van der Waals surface area (Å²) in [5.74, 6) is 0.219. The van der Waals surface area contributed by atoms with E-state index in [-0.39, 0.29) is 23.1 Å². The minimum absolute atomic E-state index is 0.0485. The van der Waals surface area contributed by atoms with Crippen LogP contribution in [0.3, 0.4) is 0 Å². The van der Waals surface area contributed by atoms with Gasteiger partial charge in [-0.25, -0.2) is 13.4 Å². The molecule has 0 N–H and O–H groups in total. The van der Waals surface area contributed by atoms with Gasteiger partial charge in [-0.3, -0.25) is 10.1 Å². The fourth-order valence-electron chi connectivity index (χ4n) is 3.12. The van der Waals surface area contributed by atoms with E-state index in [2.05, 4.69) is 4.98 Å². The second-order valence-corrected chi connectivity index (χ2v) is 8.30. The predicted molar refractivity (Wildman–Crippen MR) is 99.4 cm³/mol. The van der Waals surface area contributed by atoms with Crippen LogP contribution in [0.25, 0.3) is 11.1 Å². The maximum absolute atomic E-state index is 12.6. The van der Waals surface area contributed by atoms with Crippen molar-refractivity contribution in [3.05, 3.63) is 58.5 Å². The predicted octanol–water partition coefficient (Wildman–Crippen LogP) is 3.10. The average molecular weight is 403 g/mol. The zero-order valence-electron chi connectivity index (χ0n) is 14.8. The van der Waals surface area contributed by atoms with Crippen molar-refractivity contribution in [2.24, 2.45) is 0 Å². The second kappa shape index (κ2) is 7.21. The molecule has 28 heavy (non-hydrogen) atoms. The van der Waals surface area contributed by atoms with Gasteiger partial charge in [0.15, 0.2) is 17.9 Å². The number of nitrogens with zero attached hydrogens (tertiary/aromatic N) is 3. The Hall–Kier alpha value is -2.98. The molecule has 0 unspecified atom stereocenters. The van der Waals surface area contributed by atoms with Gasteiger partial charge in [-0.1, -0.05) is 12.1 Å². The molecule has 0 atom stereocenters. The number of sulfonamides is 1. The maximum Gasteiger partial charge on any atom is 0.312 e. The number of hydrogen-bond donors (Lipinski definition) is 0. The Labute approximate surface area is 160 Å². The Balaban J connectivity index is 1.59. The van der Waals surface area contributed by atoms with Gasteiger partial charge < -0.3 is 9.15 Å². The molecule has 1 aliphatic heterocycles. The van der Waals surface area contributed by atoms with Crippen LogP contribution in [-0.4, -0.2) is 35.7 Å². The highest BCUT2D eigenvalue weighted by atomic mass is 32.2. The molecule has 0 radical (unpaired) electrons. The molecule has 1 aromatic heterocycles. The summed E-state index contributed by atoms with van der Waals surface area (Å²) in [6.07, 6.45) is 1.57. The normalized spacial score (nSPS) is 15.1. The molecule has 0 aliphatic carbocycles. The van der Waals surface area contributed by atoms with Gasteiger partial charge in [0, 0.05) is 19.2 Å². The highest BCUT2D eigenvalue weighted by molar-refractivity contribution is 7.89. The lowest BCUT2D eigenvalue weighted by molar-refractivity contribution is -0.386. The van der Waals surface area contributed by atoms with Crippen molar-refractivity contribution in [3.8, 4) is 5.75 Å². The van der Waals surface area contributed by atoms with Crippen LogP contribution in [-0.2, 0) is 16.6 Å². The number of nitro groups is 1. The van der Waals surface area contributed by atoms with Gasteiger partial charge in [-0.05, 0) is 37.1 Å². The third kappa shape index (κ3) is 3.43. The molecule has 2 aromatic carbocycles. The van der Waals surface area contributed by atoms with Crippen LogP contribution >= 0.6 is 0 Å². The van der Waals surface area contributed by atoms with Crippen molar-refractivity contribution in [1.82, 2.24) is 9.29 Å². The van der Waals surface area contributed by atoms with E-state index in [9.17, 15) is 18.5 Å². The van der Waals surface area contributed by atoms with Crippen LogP contribution in [0.2, 0.25) is 0 Å². The molecule has 9 nitrogen and oxygen atoms in total. The molecule has 0 spiro atoms. The molecular weight excluding hydrogens is 386 g/mol. The minimum atomic E-state index is -3.75. The number of aromatic nitrogens is 1. The lowest BCUT2D eigenvalue weighted by atomic mass is 10.3. The minimum Gasteiger partial charge on any atom is -0.477 e. The Morgan fingerprint density at radius 3 is 2.64 bits per heavy atom. The number of nitro benzene ring substituents is 1. The highest BCUT2D eigenvalue weighted by Crippen LogP contribution is 2.32. The summed E-state index contributed by atoms with van der Waals surface area (Å²) in [6, 6.07) is 10.8. The van der Waals surface area contributed by atoms with Crippen molar-refractivity contribution >= 4 is 26.8 Å². The topological polar surface area (TPSA) is 116 Å².